The zero-order valence-corrected chi connectivity index (χ0v) is 16.5. The van der Waals surface area contributed by atoms with E-state index in [1.165, 1.54) is 23.8 Å². The first-order valence-electron chi connectivity index (χ1n) is 9.39. The van der Waals surface area contributed by atoms with Gasteiger partial charge in [0.15, 0.2) is 6.61 Å². The van der Waals surface area contributed by atoms with Crippen LogP contribution in [0.25, 0.3) is 11.0 Å². The van der Waals surface area contributed by atoms with Crippen molar-refractivity contribution in [1.82, 2.24) is 5.32 Å². The van der Waals surface area contributed by atoms with Crippen molar-refractivity contribution in [3.63, 3.8) is 0 Å². The fourth-order valence-corrected chi connectivity index (χ4v) is 2.70. The van der Waals surface area contributed by atoms with Crippen molar-refractivity contribution < 1.29 is 23.5 Å². The molecule has 0 radical (unpaired) electrons. The lowest BCUT2D eigenvalue weighted by atomic mass is 10.1. The predicted octanol–water partition coefficient (Wildman–Crippen LogP) is 3.26. The average Bonchev–Trinajstić information content (AvgIpc) is 2.75. The molecule has 1 amide bonds. The molecule has 3 aromatic rings. The summed E-state index contributed by atoms with van der Waals surface area (Å²) < 4.78 is 15.9. The van der Waals surface area contributed by atoms with Gasteiger partial charge in [-0.2, -0.15) is 0 Å². The van der Waals surface area contributed by atoms with Crippen LogP contribution < -0.4 is 20.4 Å². The van der Waals surface area contributed by atoms with Gasteiger partial charge < -0.3 is 19.2 Å². The van der Waals surface area contributed by atoms with Crippen LogP contribution in [0.3, 0.4) is 0 Å². The van der Waals surface area contributed by atoms with Crippen molar-refractivity contribution in [3.05, 3.63) is 82.7 Å². The topological polar surface area (TPSA) is 94.8 Å². The van der Waals surface area contributed by atoms with E-state index in [1.807, 2.05) is 12.1 Å². The highest BCUT2D eigenvalue weighted by molar-refractivity contribution is 5.96. The van der Waals surface area contributed by atoms with E-state index < -0.39 is 17.5 Å². The van der Waals surface area contributed by atoms with E-state index >= 15 is 0 Å². The highest BCUT2D eigenvalue weighted by atomic mass is 16.6. The molecule has 0 spiro atoms. The molecule has 3 rings (SSSR count). The number of carbonyl (C=O) groups excluding carboxylic acids is 2. The Labute approximate surface area is 172 Å². The summed E-state index contributed by atoms with van der Waals surface area (Å²) in [6.45, 7) is 5.52. The smallest absolute Gasteiger partial charge is 0.349 e. The lowest BCUT2D eigenvalue weighted by Crippen LogP contribution is -2.28. The summed E-state index contributed by atoms with van der Waals surface area (Å²) in [4.78, 5) is 36.2. The maximum atomic E-state index is 12.1. The Balaban J connectivity index is 1.67. The van der Waals surface area contributed by atoms with Gasteiger partial charge >= 0.3 is 11.6 Å². The predicted molar refractivity (Wildman–Crippen MR) is 112 cm³/mol. The number of carbonyl (C=O) groups is 2. The number of ether oxygens (including phenoxy) is 2. The summed E-state index contributed by atoms with van der Waals surface area (Å²) in [5.74, 6) is -0.387. The largest absolute Gasteiger partial charge is 0.482 e. The van der Waals surface area contributed by atoms with Gasteiger partial charge in [-0.1, -0.05) is 25.1 Å². The number of hydrogen-bond donors (Lipinski definition) is 1. The second-order valence-electron chi connectivity index (χ2n) is 6.41. The standard InChI is InChI=1S/C23H21NO6/c1-3-11-24-22(26)19-12-16-7-10-18(13-20(16)30-23(19)27)29-21(25)14-28-17-8-5-15(4-2)6-9-17/h3,5-10,12-13H,1,4,11,14H2,2H3,(H,24,26). The monoisotopic (exact) mass is 407 g/mol. The fourth-order valence-electron chi connectivity index (χ4n) is 2.70. The van der Waals surface area contributed by atoms with E-state index in [0.29, 0.717) is 11.1 Å². The molecule has 1 N–H and O–H groups in total. The van der Waals surface area contributed by atoms with E-state index in [4.69, 9.17) is 13.9 Å². The second kappa shape index (κ2) is 9.56. The van der Waals surface area contributed by atoms with Crippen molar-refractivity contribution >= 4 is 22.8 Å². The highest BCUT2D eigenvalue weighted by Crippen LogP contribution is 2.21. The number of hydrogen-bond acceptors (Lipinski definition) is 6. The van der Waals surface area contributed by atoms with Crippen LogP contribution in [0.4, 0.5) is 0 Å². The van der Waals surface area contributed by atoms with Gasteiger partial charge in [0, 0.05) is 18.0 Å². The number of rotatable bonds is 8. The van der Waals surface area contributed by atoms with Gasteiger partial charge in [0.2, 0.25) is 0 Å². The number of aryl methyl sites for hydroxylation is 1. The van der Waals surface area contributed by atoms with Crippen LogP contribution in [0.5, 0.6) is 11.5 Å². The molecule has 0 unspecified atom stereocenters. The zero-order valence-electron chi connectivity index (χ0n) is 16.5. The van der Waals surface area contributed by atoms with Crippen LogP contribution in [0.15, 0.2) is 70.4 Å². The number of benzene rings is 2. The first-order valence-corrected chi connectivity index (χ1v) is 9.39. The summed E-state index contributed by atoms with van der Waals surface area (Å²) in [6.07, 6.45) is 2.42. The van der Waals surface area contributed by atoms with Crippen molar-refractivity contribution in [2.75, 3.05) is 13.2 Å². The lowest BCUT2D eigenvalue weighted by molar-refractivity contribution is -0.136. The quantitative estimate of drug-likeness (QED) is 0.267. The number of fused-ring (bicyclic) bond motifs is 1. The number of esters is 1. The summed E-state index contributed by atoms with van der Waals surface area (Å²) in [5, 5.41) is 3.04. The maximum Gasteiger partial charge on any atom is 0.349 e. The summed E-state index contributed by atoms with van der Waals surface area (Å²) in [7, 11) is 0. The minimum Gasteiger partial charge on any atom is -0.482 e. The molecular formula is C23H21NO6. The third-order valence-electron chi connectivity index (χ3n) is 4.28. The van der Waals surface area contributed by atoms with Crippen molar-refractivity contribution in [1.29, 1.82) is 0 Å². The van der Waals surface area contributed by atoms with Crippen molar-refractivity contribution in [2.24, 2.45) is 0 Å². The summed E-state index contributed by atoms with van der Waals surface area (Å²) in [5.41, 5.74) is 0.466. The van der Waals surface area contributed by atoms with E-state index in [2.05, 4.69) is 18.8 Å². The molecule has 7 nitrogen and oxygen atoms in total. The Morgan fingerprint density at radius 1 is 1.10 bits per heavy atom. The Kier molecular flexibility index (Phi) is 6.64. The Morgan fingerprint density at radius 3 is 2.53 bits per heavy atom. The Morgan fingerprint density at radius 2 is 1.83 bits per heavy atom. The highest BCUT2D eigenvalue weighted by Gasteiger charge is 2.14. The molecule has 1 aromatic heterocycles. The first-order chi connectivity index (χ1) is 14.5. The van der Waals surface area contributed by atoms with Crippen molar-refractivity contribution in [3.8, 4) is 11.5 Å². The third-order valence-corrected chi connectivity index (χ3v) is 4.28. The van der Waals surface area contributed by atoms with Gasteiger partial charge in [-0.3, -0.25) is 4.79 Å². The van der Waals surface area contributed by atoms with Crippen LogP contribution in [-0.2, 0) is 11.2 Å². The lowest BCUT2D eigenvalue weighted by Gasteiger charge is -2.08. The molecule has 2 aromatic carbocycles. The Bertz CT molecular complexity index is 1130. The molecule has 0 saturated heterocycles. The van der Waals surface area contributed by atoms with E-state index in [1.54, 1.807) is 24.3 Å². The maximum absolute atomic E-state index is 12.1. The first kappa shape index (κ1) is 20.9. The van der Waals surface area contributed by atoms with Crippen LogP contribution in [0, 0.1) is 0 Å². The normalized spacial score (nSPS) is 10.4. The fraction of sp³-hybridized carbons (Fsp3) is 0.174. The summed E-state index contributed by atoms with van der Waals surface area (Å²) >= 11 is 0. The van der Waals surface area contributed by atoms with Crippen molar-refractivity contribution in [2.45, 2.75) is 13.3 Å². The zero-order chi connectivity index (χ0) is 21.5. The average molecular weight is 407 g/mol. The van der Waals surface area contributed by atoms with E-state index in [9.17, 15) is 14.4 Å². The molecule has 0 bridgehead atoms. The van der Waals surface area contributed by atoms with Gasteiger partial charge in [-0.15, -0.1) is 6.58 Å². The Hall–Kier alpha value is -3.87. The molecule has 0 saturated carbocycles. The molecule has 0 aliphatic heterocycles. The molecule has 0 aliphatic carbocycles. The van der Waals surface area contributed by atoms with Gasteiger partial charge in [-0.25, -0.2) is 9.59 Å². The second-order valence-corrected chi connectivity index (χ2v) is 6.41. The molecule has 154 valence electrons. The van der Waals surface area contributed by atoms with Gasteiger partial charge in [0.1, 0.15) is 22.6 Å². The van der Waals surface area contributed by atoms with Crippen LogP contribution in [0.2, 0.25) is 0 Å². The molecule has 7 heteroatoms. The van der Waals surface area contributed by atoms with Crippen LogP contribution in [-0.4, -0.2) is 25.0 Å². The molecule has 1 heterocycles. The van der Waals surface area contributed by atoms with Crippen LogP contribution >= 0.6 is 0 Å². The molecule has 0 atom stereocenters. The van der Waals surface area contributed by atoms with E-state index in [0.717, 1.165) is 6.42 Å². The van der Waals surface area contributed by atoms with Gasteiger partial charge in [0.25, 0.3) is 5.91 Å². The van der Waals surface area contributed by atoms with Gasteiger partial charge in [0.05, 0.1) is 0 Å². The SMILES string of the molecule is C=CCNC(=O)c1cc2ccc(OC(=O)COc3ccc(CC)cc3)cc2oc1=O. The van der Waals surface area contributed by atoms with Crippen LogP contribution in [0.1, 0.15) is 22.8 Å². The molecule has 0 aliphatic rings. The van der Waals surface area contributed by atoms with Gasteiger partial charge in [-0.05, 0) is 42.3 Å². The number of nitrogens with one attached hydrogen (secondary N) is 1. The minimum atomic E-state index is -0.786. The van der Waals surface area contributed by atoms with E-state index in [-0.39, 0.29) is 30.0 Å². The molecular weight excluding hydrogens is 386 g/mol. The molecule has 30 heavy (non-hydrogen) atoms. The number of amides is 1. The molecule has 0 fully saturated rings. The third kappa shape index (κ3) is 5.14. The minimum absolute atomic E-state index is 0.114. The summed E-state index contributed by atoms with van der Waals surface area (Å²) in [6, 6.07) is 13.4.